The quantitative estimate of drug-likeness (QED) is 0.0316. The van der Waals surface area contributed by atoms with Gasteiger partial charge in [-0.15, -0.1) is 0 Å². The molecule has 12 nitrogen and oxygen atoms in total. The minimum absolute atomic E-state index is 0.168. The smallest absolute Gasteiger partial charge is 0.276 e. The van der Waals surface area contributed by atoms with E-state index < -0.39 is 20.0 Å². The van der Waals surface area contributed by atoms with E-state index in [0.29, 0.717) is 37.9 Å². The van der Waals surface area contributed by atoms with Gasteiger partial charge >= 0.3 is 0 Å². The van der Waals surface area contributed by atoms with Gasteiger partial charge in [0.1, 0.15) is 23.0 Å². The number of benzene rings is 5. The minimum atomic E-state index is -3.73. The Hall–Kier alpha value is -5.86. The van der Waals surface area contributed by atoms with Gasteiger partial charge in [0, 0.05) is 0 Å². The molecule has 0 saturated heterocycles. The fourth-order valence-electron chi connectivity index (χ4n) is 6.02. The lowest BCUT2D eigenvalue weighted by Crippen LogP contribution is -2.20. The number of nitrogens with zero attached hydrogens (tertiary/aromatic N) is 2. The molecule has 0 aliphatic heterocycles. The maximum absolute atomic E-state index is 12.5. The van der Waals surface area contributed by atoms with Crippen LogP contribution in [0.1, 0.15) is 87.5 Å². The number of aryl methyl sites for hydroxylation is 2. The summed E-state index contributed by atoms with van der Waals surface area (Å²) in [5.41, 5.74) is 4.66. The van der Waals surface area contributed by atoms with E-state index in [4.69, 9.17) is 18.9 Å². The molecule has 0 heterocycles. The van der Waals surface area contributed by atoms with Gasteiger partial charge in [0.15, 0.2) is 0 Å². The third-order valence-electron chi connectivity index (χ3n) is 9.85. The number of hydrazone groups is 2. The summed E-state index contributed by atoms with van der Waals surface area (Å²) in [6.07, 6.45) is 7.92. The summed E-state index contributed by atoms with van der Waals surface area (Å²) in [7, 11) is -7.47. The van der Waals surface area contributed by atoms with Crippen molar-refractivity contribution in [2.75, 3.05) is 26.4 Å². The normalized spacial score (nSPS) is 12.1. The van der Waals surface area contributed by atoms with Crippen LogP contribution in [-0.2, 0) is 20.0 Å². The molecule has 0 amide bonds. The highest BCUT2D eigenvalue weighted by atomic mass is 32.2. The second-order valence-corrected chi connectivity index (χ2v) is 18.3. The molecule has 0 fully saturated rings. The van der Waals surface area contributed by atoms with Crippen LogP contribution in [-0.4, -0.2) is 54.7 Å². The van der Waals surface area contributed by atoms with Crippen LogP contribution < -0.4 is 28.6 Å². The molecule has 0 bridgehead atoms. The van der Waals surface area contributed by atoms with E-state index in [2.05, 4.69) is 19.9 Å². The summed E-state index contributed by atoms with van der Waals surface area (Å²) < 4.78 is 73.7. The number of rotatable bonds is 26. The standard InChI is InChI=1S/C48H58N4O8S2/c1-37-13-29-47(30-14-37)61(53,54)51-49-39(3)41-17-21-43(22-18-41)57-33-9-5-7-11-35-59-45-25-27-46(28-26-45)60-36-12-8-6-10-34-58-44-23-19-42(20-24-44)40(4)50-52-62(55,56)48-31-15-38(2)16-32-48/h13-32,51-52H,5-12,33-36H2,1-4H3/b49-39+,50-40+. The molecule has 5 aromatic carbocycles. The molecule has 0 aliphatic carbocycles. The first-order valence-corrected chi connectivity index (χ1v) is 23.9. The maximum Gasteiger partial charge on any atom is 0.276 e. The molecule has 5 rings (SSSR count). The summed E-state index contributed by atoms with van der Waals surface area (Å²) >= 11 is 0. The molecule has 0 aromatic heterocycles. The van der Waals surface area contributed by atoms with E-state index in [1.165, 1.54) is 0 Å². The van der Waals surface area contributed by atoms with E-state index in [0.717, 1.165) is 96.6 Å². The summed E-state index contributed by atoms with van der Waals surface area (Å²) in [6.45, 7) is 9.83. The molecule has 0 unspecified atom stereocenters. The molecule has 0 spiro atoms. The molecular formula is C48H58N4O8S2. The van der Waals surface area contributed by atoms with Crippen LogP contribution in [0.2, 0.25) is 0 Å². The lowest BCUT2D eigenvalue weighted by atomic mass is 10.1. The van der Waals surface area contributed by atoms with Gasteiger partial charge in [-0.1, -0.05) is 35.4 Å². The van der Waals surface area contributed by atoms with Crippen molar-refractivity contribution in [2.45, 2.75) is 88.9 Å². The van der Waals surface area contributed by atoms with Crippen LogP contribution in [0.3, 0.4) is 0 Å². The lowest BCUT2D eigenvalue weighted by molar-refractivity contribution is 0.283. The largest absolute Gasteiger partial charge is 0.494 e. The van der Waals surface area contributed by atoms with Crippen LogP contribution in [0.15, 0.2) is 141 Å². The van der Waals surface area contributed by atoms with Crippen molar-refractivity contribution in [2.24, 2.45) is 10.2 Å². The van der Waals surface area contributed by atoms with Crippen molar-refractivity contribution >= 4 is 31.5 Å². The van der Waals surface area contributed by atoms with Gasteiger partial charge in [0.25, 0.3) is 20.0 Å². The first-order chi connectivity index (χ1) is 29.9. The number of sulfonamides is 2. The molecule has 330 valence electrons. The number of hydrogen-bond acceptors (Lipinski definition) is 10. The van der Waals surface area contributed by atoms with Crippen molar-refractivity contribution in [3.8, 4) is 23.0 Å². The van der Waals surface area contributed by atoms with Gasteiger partial charge in [-0.25, -0.2) is 0 Å². The predicted octanol–water partition coefficient (Wildman–Crippen LogP) is 9.74. The van der Waals surface area contributed by atoms with E-state index in [1.807, 2.05) is 86.6 Å². The van der Waals surface area contributed by atoms with E-state index in [9.17, 15) is 16.8 Å². The highest BCUT2D eigenvalue weighted by Crippen LogP contribution is 2.20. The van der Waals surface area contributed by atoms with E-state index >= 15 is 0 Å². The summed E-state index contributed by atoms with van der Waals surface area (Å²) in [4.78, 5) is 4.96. The Morgan fingerprint density at radius 3 is 0.935 bits per heavy atom. The Labute approximate surface area is 367 Å². The van der Waals surface area contributed by atoms with Gasteiger partial charge in [0.05, 0.1) is 47.6 Å². The van der Waals surface area contributed by atoms with Gasteiger partial charge in [-0.3, -0.25) is 0 Å². The molecule has 0 atom stereocenters. The first kappa shape index (κ1) is 47.2. The monoisotopic (exact) mass is 882 g/mol. The van der Waals surface area contributed by atoms with E-state index in [-0.39, 0.29) is 9.79 Å². The molecule has 14 heteroatoms. The second kappa shape index (κ2) is 24.0. The average Bonchev–Trinajstić information content (AvgIpc) is 3.27. The lowest BCUT2D eigenvalue weighted by Gasteiger charge is -2.10. The average molecular weight is 883 g/mol. The minimum Gasteiger partial charge on any atom is -0.494 e. The molecular weight excluding hydrogens is 825 g/mol. The SMILES string of the molecule is C/C(=N\NS(=O)(=O)c1ccc(C)cc1)c1ccc(OCCCCCCOc2ccc(OCCCCCCOc3ccc(/C(C)=N/NS(=O)(=O)c4ccc(C)cc4)cc3)cc2)cc1. The van der Waals surface area contributed by atoms with E-state index in [1.54, 1.807) is 62.4 Å². The summed E-state index contributed by atoms with van der Waals surface area (Å²) in [5.74, 6) is 3.16. The number of ether oxygens (including phenoxy) is 4. The van der Waals surface area contributed by atoms with Crippen molar-refractivity contribution in [1.82, 2.24) is 9.66 Å². The maximum atomic E-state index is 12.5. The van der Waals surface area contributed by atoms with Crippen molar-refractivity contribution in [1.29, 1.82) is 0 Å². The predicted molar refractivity (Wildman–Crippen MR) is 246 cm³/mol. The zero-order valence-electron chi connectivity index (χ0n) is 36.0. The summed E-state index contributed by atoms with van der Waals surface area (Å²) in [6, 6.07) is 35.9. The Kier molecular flexibility index (Phi) is 18.2. The number of hydrogen-bond donors (Lipinski definition) is 2. The fraction of sp³-hybridized carbons (Fsp3) is 0.333. The van der Waals surface area contributed by atoms with Crippen molar-refractivity contribution in [3.05, 3.63) is 144 Å². The number of unbranched alkanes of at least 4 members (excludes halogenated alkanes) is 6. The zero-order valence-corrected chi connectivity index (χ0v) is 37.6. The Morgan fingerprint density at radius 1 is 0.403 bits per heavy atom. The number of nitrogens with one attached hydrogen (secondary N) is 2. The Morgan fingerprint density at radius 2 is 0.661 bits per heavy atom. The van der Waals surface area contributed by atoms with Crippen LogP contribution in [0.25, 0.3) is 0 Å². The highest BCUT2D eigenvalue weighted by molar-refractivity contribution is 7.89. The fourth-order valence-corrected chi connectivity index (χ4v) is 7.73. The first-order valence-electron chi connectivity index (χ1n) is 21.0. The zero-order chi connectivity index (χ0) is 44.2. The molecule has 0 aliphatic rings. The highest BCUT2D eigenvalue weighted by Gasteiger charge is 2.14. The van der Waals surface area contributed by atoms with Gasteiger partial charge < -0.3 is 18.9 Å². The van der Waals surface area contributed by atoms with Crippen LogP contribution in [0.4, 0.5) is 0 Å². The van der Waals surface area contributed by atoms with Gasteiger partial charge in [-0.05, 0) is 187 Å². The van der Waals surface area contributed by atoms with Crippen molar-refractivity contribution < 1.29 is 35.8 Å². The summed E-state index contributed by atoms with van der Waals surface area (Å²) in [5, 5.41) is 8.16. The Balaban J connectivity index is 0.850. The molecule has 0 radical (unpaired) electrons. The Bertz CT molecular complexity index is 2230. The van der Waals surface area contributed by atoms with Crippen LogP contribution in [0.5, 0.6) is 23.0 Å². The third-order valence-corrected chi connectivity index (χ3v) is 12.3. The molecule has 5 aromatic rings. The molecule has 0 saturated carbocycles. The van der Waals surface area contributed by atoms with Crippen molar-refractivity contribution in [3.63, 3.8) is 0 Å². The van der Waals surface area contributed by atoms with Gasteiger partial charge in [-0.2, -0.15) is 36.7 Å². The van der Waals surface area contributed by atoms with Crippen LogP contribution in [0, 0.1) is 13.8 Å². The topological polar surface area (TPSA) is 154 Å². The van der Waals surface area contributed by atoms with Crippen LogP contribution >= 0.6 is 0 Å². The van der Waals surface area contributed by atoms with Gasteiger partial charge in [0.2, 0.25) is 0 Å². The molecule has 2 N–H and O–H groups in total. The third kappa shape index (κ3) is 15.9. The second-order valence-electron chi connectivity index (χ2n) is 15.0. The molecule has 62 heavy (non-hydrogen) atoms.